The smallest absolute Gasteiger partial charge is 0.259 e. The molecule has 0 unspecified atom stereocenters. The molecule has 0 bridgehead atoms. The Morgan fingerprint density at radius 3 is 2.44 bits per heavy atom. The molecule has 0 aromatic rings. The van der Waals surface area contributed by atoms with Gasteiger partial charge in [0.1, 0.15) is 0 Å². The van der Waals surface area contributed by atoms with E-state index in [0.29, 0.717) is 6.54 Å². The van der Waals surface area contributed by atoms with Crippen LogP contribution in [0.2, 0.25) is 0 Å². The van der Waals surface area contributed by atoms with E-state index in [0.717, 1.165) is 0 Å². The lowest BCUT2D eigenvalue weighted by Crippen LogP contribution is -2.34. The predicted octanol–water partition coefficient (Wildman–Crippen LogP) is -0.645. The first-order valence-corrected chi connectivity index (χ1v) is 2.80. The van der Waals surface area contributed by atoms with Crippen molar-refractivity contribution in [2.75, 3.05) is 20.2 Å². The highest BCUT2D eigenvalue weighted by molar-refractivity contribution is 5.76. The molecule has 0 atom stereocenters. The van der Waals surface area contributed by atoms with Crippen molar-refractivity contribution >= 4 is 5.91 Å². The van der Waals surface area contributed by atoms with Crippen LogP contribution < -0.4 is 5.73 Å². The van der Waals surface area contributed by atoms with Crippen LogP contribution in [0.15, 0.2) is 0 Å². The van der Waals surface area contributed by atoms with E-state index in [9.17, 15) is 4.79 Å². The Bertz CT molecular complexity index is 91.0. The van der Waals surface area contributed by atoms with Gasteiger partial charge in [-0.3, -0.25) is 9.63 Å². The molecular weight excluding hydrogens is 120 g/mol. The Hall–Kier alpha value is -0.610. The van der Waals surface area contributed by atoms with Crippen LogP contribution in [-0.2, 0) is 9.63 Å². The molecule has 9 heavy (non-hydrogen) atoms. The number of nitrogens with two attached hydrogens (primary N) is 1. The van der Waals surface area contributed by atoms with E-state index in [1.807, 2.05) is 6.92 Å². The fourth-order valence-corrected chi connectivity index (χ4v) is 0.509. The van der Waals surface area contributed by atoms with Crippen LogP contribution in [0.5, 0.6) is 0 Å². The average molecular weight is 132 g/mol. The number of hydroxylamine groups is 2. The molecule has 0 aliphatic rings. The Kier molecular flexibility index (Phi) is 4.00. The number of carbonyl (C=O) groups is 1. The third kappa shape index (κ3) is 2.43. The van der Waals surface area contributed by atoms with Crippen LogP contribution >= 0.6 is 0 Å². The van der Waals surface area contributed by atoms with E-state index < -0.39 is 0 Å². The first-order valence-electron chi connectivity index (χ1n) is 2.80. The average Bonchev–Trinajstić information content (AvgIpc) is 1.90. The summed E-state index contributed by atoms with van der Waals surface area (Å²) < 4.78 is 0. The maximum absolute atomic E-state index is 10.6. The maximum Gasteiger partial charge on any atom is 0.259 e. The highest BCUT2D eigenvalue weighted by Crippen LogP contribution is 1.85. The molecule has 0 saturated carbocycles. The molecule has 0 rings (SSSR count). The second-order valence-electron chi connectivity index (χ2n) is 1.48. The number of hydrogen-bond acceptors (Lipinski definition) is 3. The Balaban J connectivity index is 3.64. The molecule has 0 aromatic carbocycles. The molecular formula is C5H12N2O2. The van der Waals surface area contributed by atoms with E-state index >= 15 is 0 Å². The minimum absolute atomic E-state index is 0.00167. The summed E-state index contributed by atoms with van der Waals surface area (Å²) in [6.45, 7) is 2.35. The molecule has 54 valence electrons. The van der Waals surface area contributed by atoms with Crippen molar-refractivity contribution in [3.8, 4) is 0 Å². The first-order chi connectivity index (χ1) is 4.26. The zero-order valence-electron chi connectivity index (χ0n) is 5.76. The van der Waals surface area contributed by atoms with E-state index in [2.05, 4.69) is 4.84 Å². The molecule has 0 aromatic heterocycles. The topological polar surface area (TPSA) is 55.6 Å². The molecule has 2 N–H and O–H groups in total. The van der Waals surface area contributed by atoms with Gasteiger partial charge in [0.25, 0.3) is 5.91 Å². The van der Waals surface area contributed by atoms with Gasteiger partial charge in [-0.15, -0.1) is 0 Å². The fraction of sp³-hybridized carbons (Fsp3) is 0.800. The molecule has 0 saturated heterocycles. The largest absolute Gasteiger partial charge is 0.322 e. The van der Waals surface area contributed by atoms with Crippen molar-refractivity contribution in [3.05, 3.63) is 0 Å². The van der Waals surface area contributed by atoms with Crippen molar-refractivity contribution in [2.24, 2.45) is 5.73 Å². The van der Waals surface area contributed by atoms with Crippen molar-refractivity contribution in [1.82, 2.24) is 5.06 Å². The molecule has 4 heteroatoms. The van der Waals surface area contributed by atoms with Gasteiger partial charge in [-0.2, -0.15) is 0 Å². The third-order valence-corrected chi connectivity index (χ3v) is 0.960. The van der Waals surface area contributed by atoms with Crippen LogP contribution in [0.1, 0.15) is 6.92 Å². The van der Waals surface area contributed by atoms with Gasteiger partial charge in [-0.1, -0.05) is 0 Å². The zero-order valence-corrected chi connectivity index (χ0v) is 5.76. The maximum atomic E-state index is 10.6. The van der Waals surface area contributed by atoms with Crippen LogP contribution in [0.4, 0.5) is 0 Å². The van der Waals surface area contributed by atoms with Crippen LogP contribution in [0.3, 0.4) is 0 Å². The highest BCUT2D eigenvalue weighted by Gasteiger charge is 2.06. The summed E-state index contributed by atoms with van der Waals surface area (Å²) >= 11 is 0. The van der Waals surface area contributed by atoms with Crippen molar-refractivity contribution < 1.29 is 9.63 Å². The number of hydrogen-bond donors (Lipinski definition) is 1. The number of likely N-dealkylation sites (N-methyl/N-ethyl adjacent to an activating group) is 1. The van der Waals surface area contributed by atoms with Crippen LogP contribution in [0.25, 0.3) is 0 Å². The van der Waals surface area contributed by atoms with Gasteiger partial charge < -0.3 is 5.73 Å². The summed E-state index contributed by atoms with van der Waals surface area (Å²) in [7, 11) is 1.44. The zero-order chi connectivity index (χ0) is 7.28. The monoisotopic (exact) mass is 132 g/mol. The summed E-state index contributed by atoms with van der Waals surface area (Å²) in [4.78, 5) is 15.3. The van der Waals surface area contributed by atoms with Gasteiger partial charge in [0, 0.05) is 6.54 Å². The molecule has 1 amide bonds. The third-order valence-electron chi connectivity index (χ3n) is 0.960. The van der Waals surface area contributed by atoms with E-state index in [1.54, 1.807) is 0 Å². The number of carbonyl (C=O) groups excluding carboxylic acids is 1. The van der Waals surface area contributed by atoms with E-state index in [4.69, 9.17) is 5.73 Å². The van der Waals surface area contributed by atoms with Gasteiger partial charge in [-0.05, 0) is 6.92 Å². The molecule has 0 spiro atoms. The van der Waals surface area contributed by atoms with Crippen LogP contribution in [-0.4, -0.2) is 31.2 Å². The minimum Gasteiger partial charge on any atom is -0.322 e. The molecule has 0 radical (unpaired) electrons. The second-order valence-corrected chi connectivity index (χ2v) is 1.48. The quantitative estimate of drug-likeness (QED) is 0.519. The molecule has 0 heterocycles. The molecule has 0 fully saturated rings. The van der Waals surface area contributed by atoms with Crippen molar-refractivity contribution in [1.29, 1.82) is 0 Å². The molecule has 0 aliphatic carbocycles. The normalized spacial score (nSPS) is 9.22. The summed E-state index contributed by atoms with van der Waals surface area (Å²) in [6, 6.07) is 0. The SMILES string of the molecule is CCN(OC)C(=O)CN. The van der Waals surface area contributed by atoms with Gasteiger partial charge in [0.05, 0.1) is 13.7 Å². The second kappa shape index (κ2) is 4.29. The Morgan fingerprint density at radius 1 is 1.78 bits per heavy atom. The van der Waals surface area contributed by atoms with Gasteiger partial charge in [0.2, 0.25) is 0 Å². The molecule has 0 aliphatic heterocycles. The lowest BCUT2D eigenvalue weighted by Gasteiger charge is -2.15. The van der Waals surface area contributed by atoms with E-state index in [1.165, 1.54) is 12.2 Å². The lowest BCUT2D eigenvalue weighted by atomic mass is 10.6. The standard InChI is InChI=1S/C5H12N2O2/c1-3-7(9-2)5(8)4-6/h3-4,6H2,1-2H3. The van der Waals surface area contributed by atoms with Crippen molar-refractivity contribution in [2.45, 2.75) is 6.92 Å². The first kappa shape index (κ1) is 8.39. The Morgan fingerprint density at radius 2 is 2.33 bits per heavy atom. The summed E-state index contributed by atoms with van der Waals surface area (Å²) in [5, 5.41) is 1.21. The fourth-order valence-electron chi connectivity index (χ4n) is 0.509. The van der Waals surface area contributed by atoms with Gasteiger partial charge >= 0.3 is 0 Å². The van der Waals surface area contributed by atoms with Crippen LogP contribution in [0, 0.1) is 0 Å². The van der Waals surface area contributed by atoms with Crippen molar-refractivity contribution in [3.63, 3.8) is 0 Å². The number of nitrogens with zero attached hydrogens (tertiary/aromatic N) is 1. The minimum atomic E-state index is -0.194. The summed E-state index contributed by atoms with van der Waals surface area (Å²) in [5.74, 6) is -0.194. The predicted molar refractivity (Wildman–Crippen MR) is 33.5 cm³/mol. The van der Waals surface area contributed by atoms with Gasteiger partial charge in [-0.25, -0.2) is 5.06 Å². The number of rotatable bonds is 3. The summed E-state index contributed by atoms with van der Waals surface area (Å²) in [6.07, 6.45) is 0. The highest BCUT2D eigenvalue weighted by atomic mass is 16.7. The number of amides is 1. The molecule has 4 nitrogen and oxygen atoms in total. The summed E-state index contributed by atoms with van der Waals surface area (Å²) in [5.41, 5.74) is 5.05. The Labute approximate surface area is 54.5 Å². The van der Waals surface area contributed by atoms with Gasteiger partial charge in [0.15, 0.2) is 0 Å². The van der Waals surface area contributed by atoms with E-state index in [-0.39, 0.29) is 12.5 Å². The lowest BCUT2D eigenvalue weighted by molar-refractivity contribution is -0.173.